The number of hydrogen-bond donors (Lipinski definition) is 2. The van der Waals surface area contributed by atoms with Gasteiger partial charge in [-0.05, 0) is 6.92 Å². The van der Waals surface area contributed by atoms with Crippen LogP contribution in [0.2, 0.25) is 0 Å². The van der Waals surface area contributed by atoms with Gasteiger partial charge in [0.25, 0.3) is 0 Å². The molecule has 0 saturated heterocycles. The van der Waals surface area contributed by atoms with Crippen LogP contribution in [0.3, 0.4) is 0 Å². The standard InChI is InChI=1S/C7H8O6/c1-2-3-5(13-7(10)11)4-12-6(8)9/h5H,4H2,1H3,(H,8,9)(H,10,11). The summed E-state index contributed by atoms with van der Waals surface area (Å²) >= 11 is 0. The van der Waals surface area contributed by atoms with Crippen LogP contribution < -0.4 is 0 Å². The zero-order chi connectivity index (χ0) is 10.3. The van der Waals surface area contributed by atoms with Crippen molar-refractivity contribution in [3.05, 3.63) is 0 Å². The van der Waals surface area contributed by atoms with Crippen molar-refractivity contribution < 1.29 is 29.3 Å². The number of carboxylic acid groups (broad SMARTS) is 2. The summed E-state index contributed by atoms with van der Waals surface area (Å²) in [5.41, 5.74) is 0. The first kappa shape index (κ1) is 11.1. The second-order valence-electron chi connectivity index (χ2n) is 1.84. The molecule has 0 aromatic rings. The SMILES string of the molecule is CC#CC(COC(=O)O)OC(=O)O. The predicted octanol–water partition coefficient (Wildman–Crippen LogP) is 0.767. The predicted molar refractivity (Wildman–Crippen MR) is 40.3 cm³/mol. The molecule has 13 heavy (non-hydrogen) atoms. The highest BCUT2D eigenvalue weighted by Gasteiger charge is 2.12. The molecule has 1 unspecified atom stereocenters. The maximum Gasteiger partial charge on any atom is 0.507 e. The van der Waals surface area contributed by atoms with E-state index >= 15 is 0 Å². The minimum absolute atomic E-state index is 0.428. The Hall–Kier alpha value is -1.90. The third-order valence-electron chi connectivity index (χ3n) is 0.907. The number of hydrogen-bond acceptors (Lipinski definition) is 4. The first-order chi connectivity index (χ1) is 6.06. The lowest BCUT2D eigenvalue weighted by Gasteiger charge is -2.07. The van der Waals surface area contributed by atoms with Gasteiger partial charge in [-0.2, -0.15) is 0 Å². The molecule has 2 N–H and O–H groups in total. The lowest BCUT2D eigenvalue weighted by molar-refractivity contribution is 0.0256. The van der Waals surface area contributed by atoms with E-state index in [1.165, 1.54) is 6.92 Å². The van der Waals surface area contributed by atoms with E-state index in [4.69, 9.17) is 10.2 Å². The van der Waals surface area contributed by atoms with Crippen molar-refractivity contribution in [1.82, 2.24) is 0 Å². The Morgan fingerprint density at radius 2 is 2.00 bits per heavy atom. The van der Waals surface area contributed by atoms with Gasteiger partial charge in [0.2, 0.25) is 0 Å². The summed E-state index contributed by atoms with van der Waals surface area (Å²) in [6, 6.07) is 0. The number of carbonyl (C=O) groups is 2. The molecule has 0 aromatic carbocycles. The minimum atomic E-state index is -1.53. The first-order valence-corrected chi connectivity index (χ1v) is 3.24. The van der Waals surface area contributed by atoms with Gasteiger partial charge in [0.1, 0.15) is 6.61 Å². The summed E-state index contributed by atoms with van der Waals surface area (Å²) in [6.45, 7) is 1.04. The van der Waals surface area contributed by atoms with Crippen molar-refractivity contribution in [2.45, 2.75) is 13.0 Å². The van der Waals surface area contributed by atoms with Crippen LogP contribution in [-0.4, -0.2) is 35.2 Å². The van der Waals surface area contributed by atoms with Crippen LogP contribution in [-0.2, 0) is 9.47 Å². The minimum Gasteiger partial charge on any atom is -0.450 e. The Bertz CT molecular complexity index is 247. The van der Waals surface area contributed by atoms with E-state index in [-0.39, 0.29) is 0 Å². The van der Waals surface area contributed by atoms with E-state index in [0.717, 1.165) is 0 Å². The highest BCUT2D eigenvalue weighted by atomic mass is 16.7. The Balaban J connectivity index is 3.99. The van der Waals surface area contributed by atoms with Crippen molar-refractivity contribution in [3.63, 3.8) is 0 Å². The Morgan fingerprint density at radius 1 is 1.38 bits per heavy atom. The summed E-state index contributed by atoms with van der Waals surface area (Å²) in [5, 5.41) is 16.3. The van der Waals surface area contributed by atoms with Crippen molar-refractivity contribution in [3.8, 4) is 11.8 Å². The van der Waals surface area contributed by atoms with Crippen LogP contribution in [0, 0.1) is 11.8 Å². The molecule has 0 radical (unpaired) electrons. The molecule has 0 aromatic heterocycles. The lowest BCUT2D eigenvalue weighted by atomic mass is 10.4. The van der Waals surface area contributed by atoms with Gasteiger partial charge < -0.3 is 19.7 Å². The van der Waals surface area contributed by atoms with E-state index < -0.39 is 25.0 Å². The van der Waals surface area contributed by atoms with Crippen LogP contribution in [0.15, 0.2) is 0 Å². The third-order valence-corrected chi connectivity index (χ3v) is 0.907. The van der Waals surface area contributed by atoms with Gasteiger partial charge in [0.05, 0.1) is 0 Å². The molecule has 0 rings (SSSR count). The largest absolute Gasteiger partial charge is 0.507 e. The molecule has 0 spiro atoms. The fourth-order valence-electron chi connectivity index (χ4n) is 0.535. The van der Waals surface area contributed by atoms with Crippen molar-refractivity contribution in [2.24, 2.45) is 0 Å². The summed E-state index contributed by atoms with van der Waals surface area (Å²) in [7, 11) is 0. The summed E-state index contributed by atoms with van der Waals surface area (Å²) < 4.78 is 8.28. The van der Waals surface area contributed by atoms with E-state index in [1.807, 2.05) is 0 Å². The van der Waals surface area contributed by atoms with Crippen LogP contribution in [0.4, 0.5) is 9.59 Å². The van der Waals surface area contributed by atoms with Gasteiger partial charge in [-0.1, -0.05) is 5.92 Å². The second kappa shape index (κ2) is 5.71. The van der Waals surface area contributed by atoms with Gasteiger partial charge >= 0.3 is 12.3 Å². The monoisotopic (exact) mass is 188 g/mol. The first-order valence-electron chi connectivity index (χ1n) is 3.24. The number of ether oxygens (including phenoxy) is 2. The highest BCUT2D eigenvalue weighted by Crippen LogP contribution is 1.93. The Morgan fingerprint density at radius 3 is 2.38 bits per heavy atom. The molecule has 0 saturated carbocycles. The van der Waals surface area contributed by atoms with Crippen molar-refractivity contribution in [1.29, 1.82) is 0 Å². The topological polar surface area (TPSA) is 93.1 Å². The smallest absolute Gasteiger partial charge is 0.450 e. The van der Waals surface area contributed by atoms with Gasteiger partial charge in [-0.25, -0.2) is 9.59 Å². The van der Waals surface area contributed by atoms with E-state index in [9.17, 15) is 9.59 Å². The summed E-state index contributed by atoms with van der Waals surface area (Å²) in [4.78, 5) is 20.0. The molecule has 0 aliphatic carbocycles. The van der Waals surface area contributed by atoms with Crippen molar-refractivity contribution in [2.75, 3.05) is 6.61 Å². The third kappa shape index (κ3) is 6.50. The van der Waals surface area contributed by atoms with Crippen molar-refractivity contribution >= 4 is 12.3 Å². The summed E-state index contributed by atoms with van der Waals surface area (Å²) in [5.74, 6) is 4.71. The molecule has 6 heteroatoms. The molecule has 0 heterocycles. The zero-order valence-electron chi connectivity index (χ0n) is 6.81. The lowest BCUT2D eigenvalue weighted by Crippen LogP contribution is -2.22. The molecule has 72 valence electrons. The molecule has 0 aliphatic rings. The average Bonchev–Trinajstić information content (AvgIpc) is 1.99. The Labute approximate surface area is 74.1 Å². The molecule has 0 fully saturated rings. The normalized spacial score (nSPS) is 10.5. The quantitative estimate of drug-likeness (QED) is 0.501. The van der Waals surface area contributed by atoms with E-state index in [0.29, 0.717) is 0 Å². The molecule has 0 aliphatic heterocycles. The maximum absolute atomic E-state index is 10.0. The molecule has 0 bridgehead atoms. The maximum atomic E-state index is 10.0. The Kier molecular flexibility index (Phi) is 4.88. The van der Waals surface area contributed by atoms with Gasteiger partial charge in [-0.15, -0.1) is 5.92 Å². The molecular formula is C7H8O6. The number of rotatable bonds is 3. The summed E-state index contributed by atoms with van der Waals surface area (Å²) in [6.07, 6.45) is -4.10. The molecule has 0 amide bonds. The fourth-order valence-corrected chi connectivity index (χ4v) is 0.535. The average molecular weight is 188 g/mol. The van der Waals surface area contributed by atoms with Gasteiger partial charge in [0, 0.05) is 0 Å². The molecule has 1 atom stereocenters. The van der Waals surface area contributed by atoms with Crippen LogP contribution >= 0.6 is 0 Å². The molecule has 6 nitrogen and oxygen atoms in total. The van der Waals surface area contributed by atoms with Crippen LogP contribution in [0.25, 0.3) is 0 Å². The second-order valence-corrected chi connectivity index (χ2v) is 1.84. The highest BCUT2D eigenvalue weighted by molar-refractivity contribution is 5.58. The fraction of sp³-hybridized carbons (Fsp3) is 0.429. The van der Waals surface area contributed by atoms with Crippen LogP contribution in [0.5, 0.6) is 0 Å². The van der Waals surface area contributed by atoms with Gasteiger partial charge in [-0.3, -0.25) is 0 Å². The van der Waals surface area contributed by atoms with Crippen LogP contribution in [0.1, 0.15) is 6.92 Å². The van der Waals surface area contributed by atoms with E-state index in [1.54, 1.807) is 0 Å². The molecular weight excluding hydrogens is 180 g/mol. The van der Waals surface area contributed by atoms with E-state index in [2.05, 4.69) is 21.3 Å². The van der Waals surface area contributed by atoms with Gasteiger partial charge in [0.15, 0.2) is 6.10 Å². The zero-order valence-corrected chi connectivity index (χ0v) is 6.81.